The van der Waals surface area contributed by atoms with E-state index in [1.807, 2.05) is 39.0 Å². The number of hydrogen-bond acceptors (Lipinski definition) is 5. The lowest BCUT2D eigenvalue weighted by Gasteiger charge is -2.42. The molecule has 1 aromatic heterocycles. The molecule has 2 atom stereocenters. The Morgan fingerprint density at radius 1 is 1.38 bits per heavy atom. The van der Waals surface area contributed by atoms with Crippen LogP contribution in [-0.2, 0) is 4.74 Å². The third kappa shape index (κ3) is 4.85. The molecule has 2 heterocycles. The highest BCUT2D eigenvalue weighted by atomic mass is 35.5. The minimum atomic E-state index is -0.926. The van der Waals surface area contributed by atoms with E-state index in [2.05, 4.69) is 4.98 Å². The van der Waals surface area contributed by atoms with Gasteiger partial charge in [-0.3, -0.25) is 9.88 Å². The summed E-state index contributed by atoms with van der Waals surface area (Å²) >= 11 is 6.33. The highest BCUT2D eigenvalue weighted by Crippen LogP contribution is 2.35. The van der Waals surface area contributed by atoms with Crippen LogP contribution in [0.1, 0.15) is 33.6 Å². The Morgan fingerprint density at radius 2 is 2.14 bits per heavy atom. The van der Waals surface area contributed by atoms with Gasteiger partial charge in [0.25, 0.3) is 0 Å². The first-order chi connectivity index (χ1) is 13.7. The first-order valence-corrected chi connectivity index (χ1v) is 9.97. The van der Waals surface area contributed by atoms with Gasteiger partial charge in [0.15, 0.2) is 0 Å². The van der Waals surface area contributed by atoms with Crippen molar-refractivity contribution in [2.45, 2.75) is 51.3 Å². The van der Waals surface area contributed by atoms with Crippen LogP contribution in [0.2, 0.25) is 5.02 Å². The summed E-state index contributed by atoms with van der Waals surface area (Å²) in [5.41, 5.74) is 0.281. The van der Waals surface area contributed by atoms with Crippen LogP contribution in [-0.4, -0.2) is 59.1 Å². The molecular formula is C21H27ClN2O5. The molecule has 1 aliphatic heterocycles. The molecular weight excluding hydrogens is 396 g/mol. The van der Waals surface area contributed by atoms with Gasteiger partial charge in [0.05, 0.1) is 31.4 Å². The summed E-state index contributed by atoms with van der Waals surface area (Å²) in [6, 6.07) is 5.36. The molecule has 0 saturated carbocycles. The minimum absolute atomic E-state index is 0.133. The Bertz CT molecular complexity index is 875. The van der Waals surface area contributed by atoms with E-state index < -0.39 is 11.6 Å². The second-order valence-electron chi connectivity index (χ2n) is 8.14. The monoisotopic (exact) mass is 422 g/mol. The fourth-order valence-electron chi connectivity index (χ4n) is 3.69. The maximum absolute atomic E-state index is 11.7. The molecule has 1 saturated heterocycles. The molecule has 0 aliphatic carbocycles. The fourth-order valence-corrected chi connectivity index (χ4v) is 3.90. The summed E-state index contributed by atoms with van der Waals surface area (Å²) in [6.45, 7) is 6.34. The van der Waals surface area contributed by atoms with Gasteiger partial charge in [-0.1, -0.05) is 11.6 Å². The van der Waals surface area contributed by atoms with E-state index >= 15 is 0 Å². The summed E-state index contributed by atoms with van der Waals surface area (Å²) in [5.74, 6) is 1.24. The van der Waals surface area contributed by atoms with Gasteiger partial charge < -0.3 is 19.3 Å². The maximum Gasteiger partial charge on any atom is 0.408 e. The molecule has 0 bridgehead atoms. The Balaban J connectivity index is 1.67. The van der Waals surface area contributed by atoms with E-state index in [1.54, 1.807) is 13.3 Å². The Morgan fingerprint density at radius 3 is 2.72 bits per heavy atom. The zero-order valence-corrected chi connectivity index (χ0v) is 17.9. The highest BCUT2D eigenvalue weighted by molar-refractivity contribution is 6.33. The number of carboxylic acid groups (broad SMARTS) is 1. The Hall–Kier alpha value is -2.25. The van der Waals surface area contributed by atoms with Crippen molar-refractivity contribution in [3.63, 3.8) is 0 Å². The van der Waals surface area contributed by atoms with Crippen LogP contribution in [0.3, 0.4) is 0 Å². The average molecular weight is 423 g/mol. The van der Waals surface area contributed by atoms with Gasteiger partial charge in [-0.2, -0.15) is 0 Å². The van der Waals surface area contributed by atoms with Crippen LogP contribution < -0.4 is 9.47 Å². The molecule has 1 fully saturated rings. The van der Waals surface area contributed by atoms with Crippen molar-refractivity contribution in [1.82, 2.24) is 9.88 Å². The normalized spacial score (nSPS) is 19.8. The number of benzene rings is 1. The van der Waals surface area contributed by atoms with Crippen LogP contribution in [0.5, 0.6) is 11.5 Å². The predicted molar refractivity (Wildman–Crippen MR) is 111 cm³/mol. The van der Waals surface area contributed by atoms with Gasteiger partial charge in [-0.25, -0.2) is 4.79 Å². The Kier molecular flexibility index (Phi) is 6.39. The number of carbonyl (C=O) groups is 1. The number of halogens is 1. The third-order valence-corrected chi connectivity index (χ3v) is 5.31. The SMILES string of the molecule is COc1ccc2ncc(Cl)c(OC[C@@H]3CC[C@@H](N(C(=O)O)C(C)(C)C)CO3)c2c1. The molecule has 1 aromatic carbocycles. The number of nitrogens with zero attached hydrogens (tertiary/aromatic N) is 2. The lowest BCUT2D eigenvalue weighted by Crippen LogP contribution is -2.54. The van der Waals surface area contributed by atoms with Crippen LogP contribution in [0.25, 0.3) is 10.9 Å². The van der Waals surface area contributed by atoms with Crippen molar-refractivity contribution < 1.29 is 24.1 Å². The van der Waals surface area contributed by atoms with Gasteiger partial charge in [0, 0.05) is 17.1 Å². The molecule has 1 aliphatic rings. The van der Waals surface area contributed by atoms with E-state index in [0.29, 0.717) is 36.2 Å². The van der Waals surface area contributed by atoms with Crippen LogP contribution in [0.15, 0.2) is 24.4 Å². The largest absolute Gasteiger partial charge is 0.497 e. The lowest BCUT2D eigenvalue weighted by molar-refractivity contribution is -0.0636. The quantitative estimate of drug-likeness (QED) is 0.758. The van der Waals surface area contributed by atoms with Crippen molar-refractivity contribution in [3.05, 3.63) is 29.4 Å². The number of ether oxygens (including phenoxy) is 3. The van der Waals surface area contributed by atoms with Crippen molar-refractivity contribution in [2.24, 2.45) is 0 Å². The number of pyridine rings is 1. The molecule has 29 heavy (non-hydrogen) atoms. The van der Waals surface area contributed by atoms with Gasteiger partial charge in [-0.05, 0) is 51.8 Å². The molecule has 0 unspecified atom stereocenters. The van der Waals surface area contributed by atoms with E-state index in [4.69, 9.17) is 25.8 Å². The second kappa shape index (κ2) is 8.63. The zero-order chi connectivity index (χ0) is 21.2. The molecule has 7 nitrogen and oxygen atoms in total. The molecule has 1 N–H and O–H groups in total. The molecule has 1 amide bonds. The second-order valence-corrected chi connectivity index (χ2v) is 8.55. The number of methoxy groups -OCH3 is 1. The average Bonchev–Trinajstić information content (AvgIpc) is 2.66. The molecule has 3 rings (SSSR count). The van der Waals surface area contributed by atoms with Gasteiger partial charge in [-0.15, -0.1) is 0 Å². The molecule has 8 heteroatoms. The summed E-state index contributed by atoms with van der Waals surface area (Å²) in [4.78, 5) is 17.5. The predicted octanol–water partition coefficient (Wildman–Crippen LogP) is 4.60. The van der Waals surface area contributed by atoms with Gasteiger partial charge in [0.2, 0.25) is 0 Å². The summed E-state index contributed by atoms with van der Waals surface area (Å²) in [7, 11) is 1.60. The summed E-state index contributed by atoms with van der Waals surface area (Å²) < 4.78 is 17.2. The van der Waals surface area contributed by atoms with Crippen molar-refractivity contribution >= 4 is 28.6 Å². The van der Waals surface area contributed by atoms with E-state index in [-0.39, 0.29) is 12.1 Å². The Labute approximate surface area is 175 Å². The highest BCUT2D eigenvalue weighted by Gasteiger charge is 2.36. The van der Waals surface area contributed by atoms with Crippen molar-refractivity contribution in [2.75, 3.05) is 20.3 Å². The van der Waals surface area contributed by atoms with E-state index in [9.17, 15) is 9.90 Å². The minimum Gasteiger partial charge on any atom is -0.497 e. The fraction of sp³-hybridized carbons (Fsp3) is 0.524. The molecule has 0 spiro atoms. The van der Waals surface area contributed by atoms with Gasteiger partial charge in [0.1, 0.15) is 23.1 Å². The first kappa shape index (κ1) is 21.5. The number of aromatic nitrogens is 1. The van der Waals surface area contributed by atoms with Crippen molar-refractivity contribution in [3.8, 4) is 11.5 Å². The summed E-state index contributed by atoms with van der Waals surface area (Å²) in [6.07, 6.45) is 1.93. The van der Waals surface area contributed by atoms with Crippen LogP contribution in [0, 0.1) is 0 Å². The number of hydrogen-bond donors (Lipinski definition) is 1. The zero-order valence-electron chi connectivity index (χ0n) is 17.1. The van der Waals surface area contributed by atoms with E-state index in [1.165, 1.54) is 4.90 Å². The summed E-state index contributed by atoms with van der Waals surface area (Å²) in [5, 5.41) is 10.8. The molecule has 0 radical (unpaired) electrons. The molecule has 158 valence electrons. The molecule has 2 aromatic rings. The number of fused-ring (bicyclic) bond motifs is 1. The van der Waals surface area contributed by atoms with E-state index in [0.717, 1.165) is 17.3 Å². The first-order valence-electron chi connectivity index (χ1n) is 9.59. The van der Waals surface area contributed by atoms with Crippen molar-refractivity contribution in [1.29, 1.82) is 0 Å². The number of rotatable bonds is 5. The maximum atomic E-state index is 11.7. The third-order valence-electron chi connectivity index (χ3n) is 5.04. The van der Waals surface area contributed by atoms with Crippen LogP contribution >= 0.6 is 11.6 Å². The standard InChI is InChI=1S/C21H27ClN2O5/c1-21(2,3)24(20(25)26)13-5-6-15(28-11-13)12-29-19-16-9-14(27-4)7-8-18(16)23-10-17(19)22/h7-10,13,15H,5-6,11-12H2,1-4H3,(H,25,26)/t13-,15+/m1/s1. The topological polar surface area (TPSA) is 81.1 Å². The van der Waals surface area contributed by atoms with Gasteiger partial charge >= 0.3 is 6.09 Å². The number of amides is 1. The lowest BCUT2D eigenvalue weighted by atomic mass is 9.98. The van der Waals surface area contributed by atoms with Crippen LogP contribution in [0.4, 0.5) is 4.79 Å². The smallest absolute Gasteiger partial charge is 0.408 e.